The Hall–Kier alpha value is -1.79. The van der Waals surface area contributed by atoms with Crippen LogP contribution in [0.5, 0.6) is 5.75 Å². The quantitative estimate of drug-likeness (QED) is 0.910. The van der Waals surface area contributed by atoms with Gasteiger partial charge in [-0.25, -0.2) is 12.8 Å². The van der Waals surface area contributed by atoms with Crippen molar-refractivity contribution in [2.45, 2.75) is 11.8 Å². The molecule has 2 aromatic carbocycles. The van der Waals surface area contributed by atoms with E-state index in [0.29, 0.717) is 11.6 Å². The number of hydrogen-bond donors (Lipinski definition) is 1. The van der Waals surface area contributed by atoms with E-state index in [0.717, 1.165) is 12.1 Å². The van der Waals surface area contributed by atoms with Gasteiger partial charge in [0.05, 0.1) is 22.2 Å². The zero-order chi connectivity index (χ0) is 15.5. The summed E-state index contributed by atoms with van der Waals surface area (Å²) in [5, 5.41) is 0.302. The summed E-state index contributed by atoms with van der Waals surface area (Å²) in [5.74, 6) is -0.251. The van der Waals surface area contributed by atoms with E-state index in [1.54, 1.807) is 19.1 Å². The molecule has 0 radical (unpaired) electrons. The zero-order valence-electron chi connectivity index (χ0n) is 11.1. The average Bonchev–Trinajstić information content (AvgIpc) is 2.43. The van der Waals surface area contributed by atoms with E-state index < -0.39 is 15.8 Å². The summed E-state index contributed by atoms with van der Waals surface area (Å²) in [6, 6.07) is 9.27. The molecule has 112 valence electrons. The lowest BCUT2D eigenvalue weighted by molar-refractivity contribution is 0.342. The molecule has 2 aromatic rings. The number of benzene rings is 2. The van der Waals surface area contributed by atoms with Crippen LogP contribution in [-0.4, -0.2) is 15.0 Å². The summed E-state index contributed by atoms with van der Waals surface area (Å²) in [4.78, 5) is -0.0497. The highest BCUT2D eigenvalue weighted by Gasteiger charge is 2.18. The second kappa shape index (κ2) is 6.32. The second-order valence-electron chi connectivity index (χ2n) is 4.11. The molecule has 0 bridgehead atoms. The Morgan fingerprint density at radius 1 is 1.19 bits per heavy atom. The van der Waals surface area contributed by atoms with E-state index in [1.165, 1.54) is 18.2 Å². The first-order chi connectivity index (χ1) is 9.94. The van der Waals surface area contributed by atoms with Gasteiger partial charge in [-0.05, 0) is 43.3 Å². The minimum Gasteiger partial charge on any atom is -0.490 e. The monoisotopic (exact) mass is 329 g/mol. The summed E-state index contributed by atoms with van der Waals surface area (Å²) < 4.78 is 45.1. The molecule has 0 unspecified atom stereocenters. The highest BCUT2D eigenvalue weighted by atomic mass is 35.5. The van der Waals surface area contributed by atoms with E-state index in [4.69, 9.17) is 16.3 Å². The highest BCUT2D eigenvalue weighted by molar-refractivity contribution is 7.92. The van der Waals surface area contributed by atoms with Crippen molar-refractivity contribution < 1.29 is 17.5 Å². The molecule has 0 spiro atoms. The first-order valence-electron chi connectivity index (χ1n) is 6.13. The Morgan fingerprint density at radius 2 is 1.86 bits per heavy atom. The minimum absolute atomic E-state index is 0.0497. The van der Waals surface area contributed by atoms with Gasteiger partial charge in [0.25, 0.3) is 10.0 Å². The van der Waals surface area contributed by atoms with Crippen LogP contribution in [0.1, 0.15) is 6.92 Å². The lowest BCUT2D eigenvalue weighted by Crippen LogP contribution is -2.14. The van der Waals surface area contributed by atoms with Crippen LogP contribution < -0.4 is 9.46 Å². The van der Waals surface area contributed by atoms with E-state index in [1.807, 2.05) is 0 Å². The SMILES string of the molecule is CCOc1c(Cl)cccc1NS(=O)(=O)c1ccc(F)cc1. The van der Waals surface area contributed by atoms with Gasteiger partial charge in [-0.1, -0.05) is 17.7 Å². The number of sulfonamides is 1. The van der Waals surface area contributed by atoms with Crippen LogP contribution in [0.3, 0.4) is 0 Å². The van der Waals surface area contributed by atoms with E-state index in [-0.39, 0.29) is 16.3 Å². The third kappa shape index (κ3) is 3.65. The number of rotatable bonds is 5. The molecule has 0 aliphatic carbocycles. The van der Waals surface area contributed by atoms with Crippen LogP contribution in [0.25, 0.3) is 0 Å². The Kier molecular flexibility index (Phi) is 4.69. The molecule has 0 atom stereocenters. The van der Waals surface area contributed by atoms with Gasteiger partial charge in [0.2, 0.25) is 0 Å². The van der Waals surface area contributed by atoms with Gasteiger partial charge < -0.3 is 4.74 Å². The van der Waals surface area contributed by atoms with Crippen molar-refractivity contribution in [1.82, 2.24) is 0 Å². The van der Waals surface area contributed by atoms with Crippen LogP contribution in [-0.2, 0) is 10.0 Å². The molecule has 0 saturated carbocycles. The van der Waals surface area contributed by atoms with Crippen molar-refractivity contribution in [2.75, 3.05) is 11.3 Å². The normalized spacial score (nSPS) is 11.2. The molecule has 0 amide bonds. The van der Waals surface area contributed by atoms with Gasteiger partial charge in [-0.3, -0.25) is 4.72 Å². The van der Waals surface area contributed by atoms with E-state index in [2.05, 4.69) is 4.72 Å². The van der Waals surface area contributed by atoms with Crippen LogP contribution >= 0.6 is 11.6 Å². The lowest BCUT2D eigenvalue weighted by atomic mass is 10.3. The number of nitrogens with one attached hydrogen (secondary N) is 1. The molecule has 0 saturated heterocycles. The predicted molar refractivity (Wildman–Crippen MR) is 79.8 cm³/mol. The molecular formula is C14H13ClFNO3S. The first kappa shape index (κ1) is 15.6. The Bertz CT molecular complexity index is 732. The van der Waals surface area contributed by atoms with Crippen molar-refractivity contribution in [3.63, 3.8) is 0 Å². The maximum atomic E-state index is 12.9. The summed E-state index contributed by atoms with van der Waals surface area (Å²) in [6.45, 7) is 2.11. The fourth-order valence-corrected chi connectivity index (χ4v) is 2.99. The maximum Gasteiger partial charge on any atom is 0.262 e. The standard InChI is InChI=1S/C14H13ClFNO3S/c1-2-20-14-12(15)4-3-5-13(14)17-21(18,19)11-8-6-10(16)7-9-11/h3-9,17H,2H2,1H3. The molecule has 7 heteroatoms. The number of halogens is 2. The topological polar surface area (TPSA) is 55.4 Å². The first-order valence-corrected chi connectivity index (χ1v) is 8.00. The van der Waals surface area contributed by atoms with Gasteiger partial charge in [-0.15, -0.1) is 0 Å². The van der Waals surface area contributed by atoms with Crippen LogP contribution in [0, 0.1) is 5.82 Å². The molecule has 0 aromatic heterocycles. The molecule has 1 N–H and O–H groups in total. The van der Waals surface area contributed by atoms with Crippen molar-refractivity contribution in [1.29, 1.82) is 0 Å². The molecule has 21 heavy (non-hydrogen) atoms. The van der Waals surface area contributed by atoms with Gasteiger partial charge >= 0.3 is 0 Å². The lowest BCUT2D eigenvalue weighted by Gasteiger charge is -2.14. The minimum atomic E-state index is -3.84. The third-order valence-electron chi connectivity index (χ3n) is 2.62. The predicted octanol–water partition coefficient (Wildman–Crippen LogP) is 3.68. The summed E-state index contributed by atoms with van der Waals surface area (Å²) in [6.07, 6.45) is 0. The van der Waals surface area contributed by atoms with Crippen molar-refractivity contribution in [3.8, 4) is 5.75 Å². The van der Waals surface area contributed by atoms with Gasteiger partial charge in [0, 0.05) is 0 Å². The highest BCUT2D eigenvalue weighted by Crippen LogP contribution is 2.34. The molecule has 2 rings (SSSR count). The fourth-order valence-electron chi connectivity index (χ4n) is 1.70. The molecule has 0 aliphatic rings. The van der Waals surface area contributed by atoms with Gasteiger partial charge in [-0.2, -0.15) is 0 Å². The number of para-hydroxylation sites is 1. The Morgan fingerprint density at radius 3 is 2.48 bits per heavy atom. The van der Waals surface area contributed by atoms with Crippen molar-refractivity contribution in [3.05, 3.63) is 53.3 Å². The molecule has 0 fully saturated rings. The number of anilines is 1. The maximum absolute atomic E-state index is 12.9. The molecule has 0 heterocycles. The molecule has 4 nitrogen and oxygen atoms in total. The van der Waals surface area contributed by atoms with Crippen LogP contribution in [0.2, 0.25) is 5.02 Å². The number of hydrogen-bond acceptors (Lipinski definition) is 3. The van der Waals surface area contributed by atoms with Gasteiger partial charge in [0.1, 0.15) is 5.82 Å². The van der Waals surface area contributed by atoms with E-state index in [9.17, 15) is 12.8 Å². The van der Waals surface area contributed by atoms with Gasteiger partial charge in [0.15, 0.2) is 5.75 Å². The Labute approximate surface area is 127 Å². The van der Waals surface area contributed by atoms with Crippen molar-refractivity contribution in [2.24, 2.45) is 0 Å². The molecular weight excluding hydrogens is 317 g/mol. The van der Waals surface area contributed by atoms with E-state index >= 15 is 0 Å². The zero-order valence-corrected chi connectivity index (χ0v) is 12.7. The third-order valence-corrected chi connectivity index (χ3v) is 4.30. The van der Waals surface area contributed by atoms with Crippen LogP contribution in [0.4, 0.5) is 10.1 Å². The average molecular weight is 330 g/mol. The smallest absolute Gasteiger partial charge is 0.262 e. The molecule has 0 aliphatic heterocycles. The largest absolute Gasteiger partial charge is 0.490 e. The summed E-state index contributed by atoms with van der Waals surface area (Å²) in [7, 11) is -3.84. The van der Waals surface area contributed by atoms with Crippen molar-refractivity contribution >= 4 is 27.3 Å². The second-order valence-corrected chi connectivity index (χ2v) is 6.20. The number of ether oxygens (including phenoxy) is 1. The summed E-state index contributed by atoms with van der Waals surface area (Å²) in [5.41, 5.74) is 0.230. The summed E-state index contributed by atoms with van der Waals surface area (Å²) >= 11 is 5.99. The van der Waals surface area contributed by atoms with Crippen LogP contribution in [0.15, 0.2) is 47.4 Å². The Balaban J connectivity index is 2.37. The fraction of sp³-hybridized carbons (Fsp3) is 0.143.